The molecule has 1 aromatic carbocycles. The van der Waals surface area contributed by atoms with Crippen LogP contribution in [0.25, 0.3) is 17.1 Å². The zero-order chi connectivity index (χ0) is 19.9. The van der Waals surface area contributed by atoms with Gasteiger partial charge >= 0.3 is 6.18 Å². The summed E-state index contributed by atoms with van der Waals surface area (Å²) in [5.74, 6) is -0.461. The molecule has 0 atom stereocenters. The van der Waals surface area contributed by atoms with Crippen molar-refractivity contribution in [1.29, 1.82) is 0 Å². The summed E-state index contributed by atoms with van der Waals surface area (Å²) in [6.07, 6.45) is -2.30. The standard InChI is InChI=1S/C19H13F3N4O2/c1-11-4-2-5-12(8-11)24-18(27)13-10-23-26-16(19(20,21)22)9-14(25-17(13)26)15-6-3-7-28-15/h2-10H,1H3,(H,24,27). The highest BCUT2D eigenvalue weighted by Gasteiger charge is 2.36. The third-order valence-electron chi connectivity index (χ3n) is 4.06. The minimum atomic E-state index is -4.70. The zero-order valence-electron chi connectivity index (χ0n) is 14.5. The second-order valence-electron chi connectivity index (χ2n) is 6.12. The summed E-state index contributed by atoms with van der Waals surface area (Å²) in [4.78, 5) is 16.8. The van der Waals surface area contributed by atoms with Crippen LogP contribution in [-0.2, 0) is 6.18 Å². The largest absolute Gasteiger partial charge is 0.463 e. The van der Waals surface area contributed by atoms with E-state index in [-0.39, 0.29) is 22.7 Å². The molecular formula is C19H13F3N4O2. The van der Waals surface area contributed by atoms with Crippen molar-refractivity contribution in [3.05, 3.63) is 71.7 Å². The van der Waals surface area contributed by atoms with Crippen molar-refractivity contribution in [2.24, 2.45) is 0 Å². The van der Waals surface area contributed by atoms with Gasteiger partial charge in [-0.15, -0.1) is 0 Å². The molecule has 3 heterocycles. The van der Waals surface area contributed by atoms with Gasteiger partial charge in [-0.1, -0.05) is 12.1 Å². The highest BCUT2D eigenvalue weighted by Crippen LogP contribution is 2.33. The number of benzene rings is 1. The molecule has 28 heavy (non-hydrogen) atoms. The molecule has 3 aromatic heterocycles. The van der Waals surface area contributed by atoms with E-state index in [0.717, 1.165) is 17.8 Å². The van der Waals surface area contributed by atoms with Gasteiger partial charge in [0.15, 0.2) is 17.1 Å². The number of furan rings is 1. The minimum Gasteiger partial charge on any atom is -0.463 e. The quantitative estimate of drug-likeness (QED) is 0.560. The van der Waals surface area contributed by atoms with Crippen molar-refractivity contribution >= 4 is 17.2 Å². The fraction of sp³-hybridized carbons (Fsp3) is 0.105. The normalized spacial score (nSPS) is 11.7. The molecule has 4 rings (SSSR count). The average molecular weight is 386 g/mol. The molecule has 0 aliphatic rings. The molecule has 0 aliphatic carbocycles. The van der Waals surface area contributed by atoms with Gasteiger partial charge in [0.1, 0.15) is 11.3 Å². The predicted octanol–water partition coefficient (Wildman–Crippen LogP) is 4.57. The minimum absolute atomic E-state index is 0.0464. The molecule has 6 nitrogen and oxygen atoms in total. The summed E-state index contributed by atoms with van der Waals surface area (Å²) in [7, 11) is 0. The lowest BCUT2D eigenvalue weighted by Gasteiger charge is -2.10. The van der Waals surface area contributed by atoms with Gasteiger partial charge in [-0.3, -0.25) is 4.79 Å². The fourth-order valence-corrected chi connectivity index (χ4v) is 2.80. The van der Waals surface area contributed by atoms with Gasteiger partial charge in [-0.2, -0.15) is 18.3 Å². The van der Waals surface area contributed by atoms with Crippen molar-refractivity contribution in [2.75, 3.05) is 5.32 Å². The van der Waals surface area contributed by atoms with Crippen LogP contribution in [0.2, 0.25) is 0 Å². The van der Waals surface area contributed by atoms with Crippen LogP contribution in [0, 0.1) is 6.92 Å². The molecule has 1 amide bonds. The summed E-state index contributed by atoms with van der Waals surface area (Å²) in [6, 6.07) is 10.9. The van der Waals surface area contributed by atoms with Gasteiger partial charge in [0.2, 0.25) is 0 Å². The summed E-state index contributed by atoms with van der Waals surface area (Å²) in [6.45, 7) is 1.86. The lowest BCUT2D eigenvalue weighted by atomic mass is 10.2. The average Bonchev–Trinajstić information content (AvgIpc) is 3.29. The summed E-state index contributed by atoms with van der Waals surface area (Å²) < 4.78 is 46.3. The maximum Gasteiger partial charge on any atom is 0.433 e. The number of nitrogens with one attached hydrogen (secondary N) is 1. The van der Waals surface area contributed by atoms with E-state index in [1.54, 1.807) is 18.2 Å². The van der Waals surface area contributed by atoms with Crippen LogP contribution in [0.5, 0.6) is 0 Å². The Balaban J connectivity index is 1.83. The van der Waals surface area contributed by atoms with Crippen molar-refractivity contribution in [3.8, 4) is 11.5 Å². The number of alkyl halides is 3. The lowest BCUT2D eigenvalue weighted by molar-refractivity contribution is -0.142. The van der Waals surface area contributed by atoms with Crippen molar-refractivity contribution in [3.63, 3.8) is 0 Å². The van der Waals surface area contributed by atoms with E-state index in [2.05, 4.69) is 15.4 Å². The van der Waals surface area contributed by atoms with Crippen molar-refractivity contribution in [1.82, 2.24) is 14.6 Å². The molecule has 1 N–H and O–H groups in total. The molecule has 0 radical (unpaired) electrons. The molecule has 9 heteroatoms. The third-order valence-corrected chi connectivity index (χ3v) is 4.06. The first-order valence-corrected chi connectivity index (χ1v) is 8.21. The van der Waals surface area contributed by atoms with Crippen LogP contribution in [-0.4, -0.2) is 20.5 Å². The van der Waals surface area contributed by atoms with Crippen LogP contribution < -0.4 is 5.32 Å². The Morgan fingerprint density at radius 2 is 2.00 bits per heavy atom. The number of rotatable bonds is 3. The number of anilines is 1. The summed E-state index contributed by atoms with van der Waals surface area (Å²) in [5.41, 5.74) is 0.0399. The number of carbonyl (C=O) groups is 1. The van der Waals surface area contributed by atoms with Crippen LogP contribution >= 0.6 is 0 Å². The number of hydrogen-bond donors (Lipinski definition) is 1. The first-order chi connectivity index (χ1) is 13.3. The first kappa shape index (κ1) is 17.8. The van der Waals surface area contributed by atoms with E-state index >= 15 is 0 Å². The second-order valence-corrected chi connectivity index (χ2v) is 6.12. The van der Waals surface area contributed by atoms with Crippen LogP contribution in [0.1, 0.15) is 21.6 Å². The zero-order valence-corrected chi connectivity index (χ0v) is 14.5. The number of halogens is 3. The number of aromatic nitrogens is 3. The topological polar surface area (TPSA) is 72.4 Å². The Bertz CT molecular complexity index is 1160. The van der Waals surface area contributed by atoms with Gasteiger partial charge in [-0.25, -0.2) is 9.50 Å². The third kappa shape index (κ3) is 3.22. The van der Waals surface area contributed by atoms with Crippen LogP contribution in [0.15, 0.2) is 59.3 Å². The number of carbonyl (C=O) groups excluding carboxylic acids is 1. The number of nitrogens with zero attached hydrogens (tertiary/aromatic N) is 3. The molecule has 142 valence electrons. The van der Waals surface area contributed by atoms with E-state index in [0.29, 0.717) is 10.2 Å². The van der Waals surface area contributed by atoms with E-state index in [4.69, 9.17) is 4.42 Å². The fourth-order valence-electron chi connectivity index (χ4n) is 2.80. The Hall–Kier alpha value is -3.62. The van der Waals surface area contributed by atoms with Gasteiger partial charge < -0.3 is 9.73 Å². The smallest absolute Gasteiger partial charge is 0.433 e. The number of fused-ring (bicyclic) bond motifs is 1. The Labute approximate surface area is 156 Å². The lowest BCUT2D eigenvalue weighted by Crippen LogP contribution is -2.15. The van der Waals surface area contributed by atoms with Crippen LogP contribution in [0.4, 0.5) is 18.9 Å². The number of amides is 1. The highest BCUT2D eigenvalue weighted by atomic mass is 19.4. The molecule has 0 saturated carbocycles. The van der Waals surface area contributed by atoms with E-state index in [1.807, 2.05) is 13.0 Å². The molecule has 0 bridgehead atoms. The van der Waals surface area contributed by atoms with Crippen molar-refractivity contribution in [2.45, 2.75) is 13.1 Å². The SMILES string of the molecule is Cc1cccc(NC(=O)c2cnn3c(C(F)(F)F)cc(-c4ccco4)nc23)c1. The van der Waals surface area contributed by atoms with Crippen molar-refractivity contribution < 1.29 is 22.4 Å². The summed E-state index contributed by atoms with van der Waals surface area (Å²) in [5, 5.41) is 6.38. The highest BCUT2D eigenvalue weighted by molar-refractivity contribution is 6.08. The predicted molar refractivity (Wildman–Crippen MR) is 94.8 cm³/mol. The molecule has 0 spiro atoms. The maximum absolute atomic E-state index is 13.5. The number of hydrogen-bond acceptors (Lipinski definition) is 4. The van der Waals surface area contributed by atoms with Gasteiger partial charge in [0.25, 0.3) is 5.91 Å². The molecule has 0 fully saturated rings. The van der Waals surface area contributed by atoms with E-state index < -0.39 is 17.8 Å². The monoisotopic (exact) mass is 386 g/mol. The second kappa shape index (κ2) is 6.52. The van der Waals surface area contributed by atoms with Gasteiger partial charge in [0, 0.05) is 5.69 Å². The Morgan fingerprint density at radius 3 is 2.68 bits per heavy atom. The molecule has 0 saturated heterocycles. The molecular weight excluding hydrogens is 373 g/mol. The molecule has 0 unspecified atom stereocenters. The number of aryl methyl sites for hydroxylation is 1. The van der Waals surface area contributed by atoms with Gasteiger partial charge in [-0.05, 0) is 42.8 Å². The molecule has 4 aromatic rings. The first-order valence-electron chi connectivity index (χ1n) is 8.21. The van der Waals surface area contributed by atoms with Gasteiger partial charge in [0.05, 0.1) is 12.5 Å². The van der Waals surface area contributed by atoms with E-state index in [1.165, 1.54) is 18.4 Å². The van der Waals surface area contributed by atoms with E-state index in [9.17, 15) is 18.0 Å². The van der Waals surface area contributed by atoms with Crippen LogP contribution in [0.3, 0.4) is 0 Å². The Morgan fingerprint density at radius 1 is 1.18 bits per heavy atom. The Kier molecular flexibility index (Phi) is 4.14. The maximum atomic E-state index is 13.5. The summed E-state index contributed by atoms with van der Waals surface area (Å²) >= 11 is 0. The molecule has 0 aliphatic heterocycles.